The van der Waals surface area contributed by atoms with E-state index in [0.717, 1.165) is 38.5 Å². The fraction of sp³-hybridized carbons (Fsp3) is 0.682. The summed E-state index contributed by atoms with van der Waals surface area (Å²) in [6, 6.07) is 5.34. The lowest BCUT2D eigenvalue weighted by atomic mass is 9.78. The molecule has 0 unspecified atom stereocenters. The third kappa shape index (κ3) is 3.91. The van der Waals surface area contributed by atoms with Crippen molar-refractivity contribution in [2.24, 2.45) is 5.92 Å². The van der Waals surface area contributed by atoms with Gasteiger partial charge in [0.1, 0.15) is 0 Å². The number of halogens is 3. The molecule has 2 N–H and O–H groups in total. The minimum atomic E-state index is -4.79. The summed E-state index contributed by atoms with van der Waals surface area (Å²) in [5.41, 5.74) is -3.49. The molecular formula is C22H28F3NO3. The number of alkyl halides is 3. The van der Waals surface area contributed by atoms with Crippen LogP contribution in [0.15, 0.2) is 24.3 Å². The van der Waals surface area contributed by atoms with Crippen LogP contribution in [0.5, 0.6) is 0 Å². The number of nitrogens with zero attached hydrogens (tertiary/aromatic N) is 1. The SMILES string of the molecule is C[C@](O)(c1ccc(C(=O)N(C2CC2)[C@H]2CC[C@](O)(C3CC3)CC2)cc1)C(F)(F)F. The summed E-state index contributed by atoms with van der Waals surface area (Å²) in [6.07, 6.45) is 2.18. The zero-order chi connectivity index (χ0) is 21.0. The zero-order valence-electron chi connectivity index (χ0n) is 16.6. The predicted octanol–water partition coefficient (Wildman–Crippen LogP) is 4.14. The largest absolute Gasteiger partial charge is 0.421 e. The molecule has 160 valence electrons. The smallest absolute Gasteiger partial charge is 0.390 e. The van der Waals surface area contributed by atoms with Gasteiger partial charge in [-0.25, -0.2) is 0 Å². The molecule has 3 saturated carbocycles. The van der Waals surface area contributed by atoms with Crippen LogP contribution in [0.2, 0.25) is 0 Å². The molecule has 3 fully saturated rings. The average Bonchev–Trinajstić information content (AvgIpc) is 3.55. The summed E-state index contributed by atoms with van der Waals surface area (Å²) in [5, 5.41) is 20.6. The Morgan fingerprint density at radius 3 is 1.97 bits per heavy atom. The van der Waals surface area contributed by atoms with Gasteiger partial charge in [0.2, 0.25) is 0 Å². The van der Waals surface area contributed by atoms with Crippen molar-refractivity contribution >= 4 is 5.91 Å². The maximum atomic E-state index is 13.2. The second-order valence-corrected chi connectivity index (χ2v) is 9.20. The van der Waals surface area contributed by atoms with Crippen LogP contribution in [0, 0.1) is 5.92 Å². The van der Waals surface area contributed by atoms with E-state index in [0.29, 0.717) is 31.2 Å². The average molecular weight is 411 g/mol. The van der Waals surface area contributed by atoms with Gasteiger partial charge < -0.3 is 15.1 Å². The minimum absolute atomic E-state index is 0.0620. The van der Waals surface area contributed by atoms with Crippen molar-refractivity contribution in [3.63, 3.8) is 0 Å². The molecule has 0 bridgehead atoms. The Balaban J connectivity index is 1.48. The van der Waals surface area contributed by atoms with Gasteiger partial charge in [-0.2, -0.15) is 13.2 Å². The van der Waals surface area contributed by atoms with Crippen molar-refractivity contribution in [1.82, 2.24) is 4.90 Å². The van der Waals surface area contributed by atoms with E-state index in [4.69, 9.17) is 0 Å². The summed E-state index contributed by atoms with van der Waals surface area (Å²) in [5.74, 6) is 0.232. The molecule has 0 heterocycles. The van der Waals surface area contributed by atoms with Gasteiger partial charge in [0.25, 0.3) is 5.91 Å². The third-order valence-corrected chi connectivity index (χ3v) is 6.97. The van der Waals surface area contributed by atoms with Gasteiger partial charge in [-0.05, 0) is 81.9 Å². The van der Waals surface area contributed by atoms with Crippen molar-refractivity contribution in [3.8, 4) is 0 Å². The quantitative estimate of drug-likeness (QED) is 0.766. The molecule has 1 aromatic carbocycles. The molecule has 1 atom stereocenters. The number of benzene rings is 1. The van der Waals surface area contributed by atoms with Gasteiger partial charge in [0, 0.05) is 17.6 Å². The number of hydrogen-bond donors (Lipinski definition) is 2. The zero-order valence-corrected chi connectivity index (χ0v) is 16.6. The molecule has 7 heteroatoms. The number of carbonyl (C=O) groups is 1. The monoisotopic (exact) mass is 411 g/mol. The van der Waals surface area contributed by atoms with Crippen molar-refractivity contribution in [3.05, 3.63) is 35.4 Å². The molecule has 0 spiro atoms. The Morgan fingerprint density at radius 2 is 1.52 bits per heavy atom. The maximum absolute atomic E-state index is 13.2. The van der Waals surface area contributed by atoms with E-state index in [1.165, 1.54) is 24.3 Å². The van der Waals surface area contributed by atoms with Crippen molar-refractivity contribution in [2.45, 2.75) is 87.8 Å². The van der Waals surface area contributed by atoms with E-state index < -0.39 is 17.4 Å². The Hall–Kier alpha value is -1.60. The van der Waals surface area contributed by atoms with E-state index in [2.05, 4.69) is 0 Å². The van der Waals surface area contributed by atoms with E-state index in [9.17, 15) is 28.2 Å². The van der Waals surface area contributed by atoms with Gasteiger partial charge in [-0.3, -0.25) is 4.79 Å². The predicted molar refractivity (Wildman–Crippen MR) is 101 cm³/mol. The van der Waals surface area contributed by atoms with Crippen molar-refractivity contribution < 1.29 is 28.2 Å². The van der Waals surface area contributed by atoms with E-state index in [1.807, 2.05) is 4.90 Å². The van der Waals surface area contributed by atoms with Gasteiger partial charge in [0.15, 0.2) is 5.60 Å². The maximum Gasteiger partial charge on any atom is 0.421 e. The van der Waals surface area contributed by atoms with E-state index in [-0.39, 0.29) is 23.6 Å². The Morgan fingerprint density at radius 1 is 1.00 bits per heavy atom. The Labute approximate surface area is 168 Å². The Kier molecular flexibility index (Phi) is 4.97. The van der Waals surface area contributed by atoms with Crippen LogP contribution in [0.3, 0.4) is 0 Å². The molecule has 3 aliphatic rings. The van der Waals surface area contributed by atoms with Gasteiger partial charge in [-0.1, -0.05) is 12.1 Å². The molecular weight excluding hydrogens is 383 g/mol. The highest BCUT2D eigenvalue weighted by Crippen LogP contribution is 2.48. The molecule has 1 amide bonds. The lowest BCUT2D eigenvalue weighted by Gasteiger charge is -2.41. The molecule has 4 rings (SSSR count). The summed E-state index contributed by atoms with van der Waals surface area (Å²) < 4.78 is 39.1. The first-order valence-electron chi connectivity index (χ1n) is 10.5. The molecule has 0 radical (unpaired) electrons. The number of aliphatic hydroxyl groups is 2. The highest BCUT2D eigenvalue weighted by atomic mass is 19.4. The van der Waals surface area contributed by atoms with Crippen LogP contribution in [-0.2, 0) is 5.60 Å². The van der Waals surface area contributed by atoms with Gasteiger partial charge >= 0.3 is 6.18 Å². The summed E-state index contributed by atoms with van der Waals surface area (Å²) in [6.45, 7) is 0.712. The number of hydrogen-bond acceptors (Lipinski definition) is 3. The molecule has 1 aromatic rings. The first-order chi connectivity index (χ1) is 13.5. The molecule has 0 aliphatic heterocycles. The van der Waals surface area contributed by atoms with Crippen LogP contribution < -0.4 is 0 Å². The lowest BCUT2D eigenvalue weighted by Crippen LogP contribution is -2.48. The summed E-state index contributed by atoms with van der Waals surface area (Å²) in [7, 11) is 0. The topological polar surface area (TPSA) is 60.8 Å². The lowest BCUT2D eigenvalue weighted by molar-refractivity contribution is -0.258. The first-order valence-corrected chi connectivity index (χ1v) is 10.5. The second kappa shape index (κ2) is 6.98. The normalized spacial score (nSPS) is 29.9. The third-order valence-electron chi connectivity index (χ3n) is 6.97. The fourth-order valence-electron chi connectivity index (χ4n) is 4.64. The molecule has 3 aliphatic carbocycles. The second-order valence-electron chi connectivity index (χ2n) is 9.20. The standard InChI is InChI=1S/C22H28F3NO3/c1-20(28,22(23,24)25)15-4-2-14(3-5-15)19(27)26(17-8-9-17)18-10-12-21(29,13-11-18)16-6-7-16/h2-5,16-18,28-29H,6-13H2,1H3/t18-,20-,21+/m0/s1. The van der Waals surface area contributed by atoms with Crippen LogP contribution >= 0.6 is 0 Å². The van der Waals surface area contributed by atoms with Gasteiger partial charge in [-0.15, -0.1) is 0 Å². The highest BCUT2D eigenvalue weighted by Gasteiger charge is 2.51. The van der Waals surface area contributed by atoms with Gasteiger partial charge in [0.05, 0.1) is 5.60 Å². The van der Waals surface area contributed by atoms with Crippen LogP contribution in [0.1, 0.15) is 74.2 Å². The summed E-state index contributed by atoms with van der Waals surface area (Å²) >= 11 is 0. The number of carbonyl (C=O) groups excluding carboxylic acids is 1. The number of amides is 1. The van der Waals surface area contributed by atoms with E-state index in [1.54, 1.807) is 0 Å². The summed E-state index contributed by atoms with van der Waals surface area (Å²) in [4.78, 5) is 15.1. The molecule has 29 heavy (non-hydrogen) atoms. The van der Waals surface area contributed by atoms with Crippen molar-refractivity contribution in [1.29, 1.82) is 0 Å². The molecule has 0 saturated heterocycles. The van der Waals surface area contributed by atoms with E-state index >= 15 is 0 Å². The van der Waals surface area contributed by atoms with Crippen molar-refractivity contribution in [2.75, 3.05) is 0 Å². The first kappa shape index (κ1) is 20.7. The van der Waals surface area contributed by atoms with Crippen LogP contribution in [-0.4, -0.2) is 44.9 Å². The minimum Gasteiger partial charge on any atom is -0.390 e. The molecule has 0 aromatic heterocycles. The fourth-order valence-corrected chi connectivity index (χ4v) is 4.64. The highest BCUT2D eigenvalue weighted by molar-refractivity contribution is 5.95. The van der Waals surface area contributed by atoms with Crippen LogP contribution in [0.4, 0.5) is 13.2 Å². The Bertz CT molecular complexity index is 759. The molecule has 4 nitrogen and oxygen atoms in total. The number of rotatable bonds is 5. The van der Waals surface area contributed by atoms with Crippen LogP contribution in [0.25, 0.3) is 0 Å².